The van der Waals surface area contributed by atoms with Crippen LogP contribution < -0.4 is 9.62 Å². The van der Waals surface area contributed by atoms with Gasteiger partial charge in [0.25, 0.3) is 5.13 Å². The molecule has 0 bridgehead atoms. The lowest BCUT2D eigenvalue weighted by atomic mass is 10.2. The first-order chi connectivity index (χ1) is 13.2. The Bertz CT molecular complexity index is 949. The van der Waals surface area contributed by atoms with Gasteiger partial charge in [0.15, 0.2) is 0 Å². The van der Waals surface area contributed by atoms with Crippen molar-refractivity contribution in [2.75, 3.05) is 22.7 Å². The number of halogens is 3. The monoisotopic (exact) mass is 432 g/mol. The van der Waals surface area contributed by atoms with Crippen LogP contribution in [-0.2, 0) is 10.0 Å². The summed E-state index contributed by atoms with van der Waals surface area (Å²) < 4.78 is 63.1. The molecule has 0 saturated carbocycles. The third kappa shape index (κ3) is 5.36. The van der Waals surface area contributed by atoms with E-state index in [4.69, 9.17) is 0 Å². The van der Waals surface area contributed by atoms with Gasteiger partial charge in [0.05, 0.1) is 5.69 Å². The van der Waals surface area contributed by atoms with Crippen LogP contribution in [0.4, 0.5) is 35.4 Å². The number of hydrogen-bond donors (Lipinski definition) is 1. The summed E-state index contributed by atoms with van der Waals surface area (Å²) in [5.41, 5.74) is -4.16. The van der Waals surface area contributed by atoms with E-state index in [1.807, 2.05) is 0 Å². The Morgan fingerprint density at radius 1 is 1.21 bits per heavy atom. The predicted octanol–water partition coefficient (Wildman–Crippen LogP) is 4.39. The molecule has 0 atom stereocenters. The maximum atomic E-state index is 12.8. The van der Waals surface area contributed by atoms with Crippen LogP contribution in [0.25, 0.3) is 0 Å². The zero-order valence-electron chi connectivity index (χ0n) is 14.3. The van der Waals surface area contributed by atoms with Crippen molar-refractivity contribution < 1.29 is 21.6 Å². The lowest BCUT2D eigenvalue weighted by Crippen LogP contribution is -2.30. The molecule has 0 aliphatic heterocycles. The summed E-state index contributed by atoms with van der Waals surface area (Å²) in [6, 6.07) is 4.13. The number of aromatic nitrogens is 2. The van der Waals surface area contributed by atoms with Gasteiger partial charge in [0.1, 0.15) is 11.2 Å². The fraction of sp³-hybridized carbons (Fsp3) is 0.200. The SMILES string of the molecule is C=CCN(CC=C)c1ccc(N=Nc2nncs2)c(NS(=O)(=O)C(F)(F)F)c1. The maximum absolute atomic E-state index is 12.8. The molecule has 2 rings (SSSR count). The van der Waals surface area contributed by atoms with Crippen molar-refractivity contribution in [1.29, 1.82) is 0 Å². The first-order valence-corrected chi connectivity index (χ1v) is 9.92. The minimum absolute atomic E-state index is 0.121. The summed E-state index contributed by atoms with van der Waals surface area (Å²) in [4.78, 5) is 1.72. The lowest BCUT2D eigenvalue weighted by molar-refractivity contribution is -0.0429. The summed E-state index contributed by atoms with van der Waals surface area (Å²) in [6.45, 7) is 7.96. The number of benzene rings is 1. The summed E-state index contributed by atoms with van der Waals surface area (Å²) >= 11 is 1.05. The zero-order chi connectivity index (χ0) is 20.8. The molecular weight excluding hydrogens is 417 g/mol. The van der Waals surface area contributed by atoms with Crippen LogP contribution in [0.5, 0.6) is 0 Å². The van der Waals surface area contributed by atoms with Crippen molar-refractivity contribution in [2.45, 2.75) is 5.51 Å². The number of hydrogen-bond acceptors (Lipinski definition) is 8. The molecular formula is C15H15F3N6O2S2. The van der Waals surface area contributed by atoms with Crippen LogP contribution in [-0.4, -0.2) is 37.2 Å². The maximum Gasteiger partial charge on any atom is 0.516 e. The molecule has 1 aromatic carbocycles. The summed E-state index contributed by atoms with van der Waals surface area (Å²) in [5, 5.41) is 14.9. The van der Waals surface area contributed by atoms with Crippen molar-refractivity contribution in [3.63, 3.8) is 0 Å². The number of nitrogens with one attached hydrogen (secondary N) is 1. The van der Waals surface area contributed by atoms with Crippen molar-refractivity contribution in [1.82, 2.24) is 10.2 Å². The Morgan fingerprint density at radius 3 is 2.43 bits per heavy atom. The molecule has 0 fully saturated rings. The van der Waals surface area contributed by atoms with Gasteiger partial charge in [-0.05, 0) is 18.2 Å². The van der Waals surface area contributed by atoms with Gasteiger partial charge >= 0.3 is 15.5 Å². The van der Waals surface area contributed by atoms with Gasteiger partial charge in [0.2, 0.25) is 0 Å². The number of sulfonamides is 1. The van der Waals surface area contributed by atoms with E-state index in [2.05, 4.69) is 33.6 Å². The predicted molar refractivity (Wildman–Crippen MR) is 102 cm³/mol. The quantitative estimate of drug-likeness (QED) is 0.468. The van der Waals surface area contributed by atoms with Gasteiger partial charge in [-0.3, -0.25) is 4.72 Å². The van der Waals surface area contributed by atoms with Crippen LogP contribution in [0.1, 0.15) is 0 Å². The Hall–Kier alpha value is -2.80. The Labute approximate surface area is 163 Å². The highest BCUT2D eigenvalue weighted by atomic mass is 32.2. The second-order valence-electron chi connectivity index (χ2n) is 5.16. The first-order valence-electron chi connectivity index (χ1n) is 7.55. The molecule has 150 valence electrons. The van der Waals surface area contributed by atoms with E-state index in [0.29, 0.717) is 18.8 Å². The van der Waals surface area contributed by atoms with E-state index in [1.165, 1.54) is 22.4 Å². The normalized spacial score (nSPS) is 12.1. The lowest BCUT2D eigenvalue weighted by Gasteiger charge is -2.23. The number of anilines is 2. The summed E-state index contributed by atoms with van der Waals surface area (Å²) in [5.74, 6) is 0. The smallest absolute Gasteiger partial charge is 0.364 e. The minimum atomic E-state index is -5.65. The average Bonchev–Trinajstić information content (AvgIpc) is 3.12. The Balaban J connectivity index is 2.49. The third-order valence-electron chi connectivity index (χ3n) is 3.19. The van der Waals surface area contributed by atoms with Gasteiger partial charge < -0.3 is 4.90 Å². The molecule has 0 aliphatic carbocycles. The molecule has 0 saturated heterocycles. The molecule has 0 amide bonds. The molecule has 28 heavy (non-hydrogen) atoms. The van der Waals surface area contributed by atoms with Gasteiger partial charge in [-0.2, -0.15) is 21.6 Å². The fourth-order valence-corrected chi connectivity index (χ4v) is 2.94. The molecule has 0 spiro atoms. The van der Waals surface area contributed by atoms with Crippen molar-refractivity contribution >= 4 is 43.6 Å². The summed E-state index contributed by atoms with van der Waals surface area (Å²) in [6.07, 6.45) is 3.18. The topological polar surface area (TPSA) is 99.9 Å². The molecule has 8 nitrogen and oxygen atoms in total. The van der Waals surface area contributed by atoms with E-state index in [-0.39, 0.29) is 16.5 Å². The first kappa shape index (κ1) is 21.5. The molecule has 1 N–H and O–H groups in total. The molecule has 0 unspecified atom stereocenters. The molecule has 0 aliphatic rings. The largest absolute Gasteiger partial charge is 0.516 e. The van der Waals surface area contributed by atoms with Crippen LogP contribution in [0, 0.1) is 0 Å². The van der Waals surface area contributed by atoms with Crippen LogP contribution in [0.2, 0.25) is 0 Å². The highest BCUT2D eigenvalue weighted by Crippen LogP contribution is 2.35. The minimum Gasteiger partial charge on any atom is -0.364 e. The number of rotatable bonds is 9. The highest BCUT2D eigenvalue weighted by Gasteiger charge is 2.46. The van der Waals surface area contributed by atoms with Crippen molar-refractivity contribution in [3.05, 3.63) is 49.0 Å². The second kappa shape index (κ2) is 8.93. The average molecular weight is 432 g/mol. The zero-order valence-corrected chi connectivity index (χ0v) is 15.9. The van der Waals surface area contributed by atoms with Crippen LogP contribution in [0.15, 0.2) is 59.2 Å². The Morgan fingerprint density at radius 2 is 1.89 bits per heavy atom. The second-order valence-corrected chi connectivity index (χ2v) is 7.64. The van der Waals surface area contributed by atoms with Gasteiger partial charge in [0, 0.05) is 18.8 Å². The molecule has 1 heterocycles. The third-order valence-corrected chi connectivity index (χ3v) is 4.86. The van der Waals surface area contributed by atoms with E-state index < -0.39 is 15.5 Å². The molecule has 2 aromatic rings. The van der Waals surface area contributed by atoms with E-state index >= 15 is 0 Å². The van der Waals surface area contributed by atoms with Gasteiger partial charge in [-0.25, -0.2) is 0 Å². The van der Waals surface area contributed by atoms with Gasteiger partial charge in [-0.15, -0.1) is 33.6 Å². The van der Waals surface area contributed by atoms with Gasteiger partial charge in [-0.1, -0.05) is 23.5 Å². The number of nitrogens with zero attached hydrogens (tertiary/aromatic N) is 5. The highest BCUT2D eigenvalue weighted by molar-refractivity contribution is 7.93. The van der Waals surface area contributed by atoms with Crippen molar-refractivity contribution in [2.24, 2.45) is 10.2 Å². The van der Waals surface area contributed by atoms with E-state index in [9.17, 15) is 21.6 Å². The molecule has 0 radical (unpaired) electrons. The Kier molecular flexibility index (Phi) is 6.85. The van der Waals surface area contributed by atoms with E-state index in [0.717, 1.165) is 11.3 Å². The number of azo groups is 1. The van der Waals surface area contributed by atoms with Crippen LogP contribution >= 0.6 is 11.3 Å². The molecule has 1 aromatic heterocycles. The summed E-state index contributed by atoms with van der Waals surface area (Å²) in [7, 11) is -5.65. The van der Waals surface area contributed by atoms with Crippen LogP contribution in [0.3, 0.4) is 0 Å². The number of alkyl halides is 3. The van der Waals surface area contributed by atoms with Crippen molar-refractivity contribution in [3.8, 4) is 0 Å². The fourth-order valence-electron chi connectivity index (χ4n) is 2.00. The molecule has 13 heteroatoms. The van der Waals surface area contributed by atoms with E-state index in [1.54, 1.807) is 23.1 Å². The standard InChI is InChI=1S/C15H15F3N6O2S2/c1-3-7-24(8-4-2)11-5-6-12(20-22-14-21-19-10-27-14)13(9-11)23-28(25,26)15(16,17)18/h3-6,9-10,23H,1-2,7-8H2.